The molecule has 0 spiro atoms. The highest BCUT2D eigenvalue weighted by Gasteiger charge is 2.58. The summed E-state index contributed by atoms with van der Waals surface area (Å²) in [6.45, 7) is 9.49. The van der Waals surface area contributed by atoms with Gasteiger partial charge in [-0.1, -0.05) is 76.4 Å². The van der Waals surface area contributed by atoms with E-state index in [1.54, 1.807) is 4.90 Å². The number of hydrogen-bond donors (Lipinski definition) is 2. The van der Waals surface area contributed by atoms with Gasteiger partial charge in [-0.2, -0.15) is 0 Å². The number of fused-ring (bicyclic) bond motifs is 1. The zero-order valence-electron chi connectivity index (χ0n) is 24.6. The maximum Gasteiger partial charge on any atom is 0.326 e. The molecule has 6 nitrogen and oxygen atoms in total. The van der Waals surface area contributed by atoms with Crippen LogP contribution in [0, 0.1) is 17.3 Å². The second-order valence-corrected chi connectivity index (χ2v) is 13.0. The molecule has 1 saturated heterocycles. The van der Waals surface area contributed by atoms with Crippen LogP contribution in [0.3, 0.4) is 0 Å². The van der Waals surface area contributed by atoms with Gasteiger partial charge < -0.3 is 20.1 Å². The fourth-order valence-electron chi connectivity index (χ4n) is 7.60. The first-order valence-electron chi connectivity index (χ1n) is 15.3. The third-order valence-corrected chi connectivity index (χ3v) is 9.37. The molecule has 2 aromatic carbocycles. The summed E-state index contributed by atoms with van der Waals surface area (Å²) in [6.07, 6.45) is 8.23. The third-order valence-electron chi connectivity index (χ3n) is 9.37. The lowest BCUT2D eigenvalue weighted by molar-refractivity contribution is -0.154. The number of aryl methyl sites for hydroxylation is 2. The number of ether oxygens (including phenoxy) is 1. The van der Waals surface area contributed by atoms with Crippen LogP contribution in [0.1, 0.15) is 94.5 Å². The van der Waals surface area contributed by atoms with E-state index in [4.69, 9.17) is 4.74 Å². The minimum absolute atomic E-state index is 0.00652. The molecule has 0 radical (unpaired) electrons. The Balaban J connectivity index is 1.57. The first-order valence-corrected chi connectivity index (χ1v) is 15.3. The molecule has 1 saturated carbocycles. The molecular weight excluding hydrogens is 500 g/mol. The lowest BCUT2D eigenvalue weighted by atomic mass is 9.72. The number of hydrogen-bond acceptors (Lipinski definition) is 4. The van der Waals surface area contributed by atoms with Crippen LogP contribution in [0.25, 0.3) is 0 Å². The Labute approximate surface area is 239 Å². The molecule has 2 aromatic rings. The van der Waals surface area contributed by atoms with Gasteiger partial charge in [0.05, 0.1) is 12.6 Å². The van der Waals surface area contributed by atoms with E-state index in [2.05, 4.69) is 38.2 Å². The fraction of sp³-hybridized carbons (Fsp3) is 0.588. The summed E-state index contributed by atoms with van der Waals surface area (Å²) in [4.78, 5) is 29.1. The van der Waals surface area contributed by atoms with Crippen LogP contribution in [0.2, 0.25) is 0 Å². The second kappa shape index (κ2) is 11.9. The number of amides is 1. The number of carboxylic acids is 1. The van der Waals surface area contributed by atoms with Crippen LogP contribution < -0.4 is 10.1 Å². The molecule has 0 unspecified atom stereocenters. The van der Waals surface area contributed by atoms with Gasteiger partial charge in [0.1, 0.15) is 11.8 Å². The van der Waals surface area contributed by atoms with E-state index in [0.717, 1.165) is 61.8 Å². The summed E-state index contributed by atoms with van der Waals surface area (Å²) < 4.78 is 6.08. The number of benzene rings is 2. The SMILES string of the molecule is CCOc1cc2c(cc1CN[C@H]1[C@H](C(C)(C)C)[C@@H](C(=O)O)N(C(=O)C3CCCCC3)[C@H]1c1ccccc1)CCC2. The van der Waals surface area contributed by atoms with Gasteiger partial charge in [-0.05, 0) is 67.2 Å². The summed E-state index contributed by atoms with van der Waals surface area (Å²) in [5.74, 6) is -0.397. The number of carbonyl (C=O) groups is 2. The van der Waals surface area contributed by atoms with Gasteiger partial charge >= 0.3 is 5.97 Å². The van der Waals surface area contributed by atoms with Gasteiger partial charge in [0, 0.05) is 30.0 Å². The van der Waals surface area contributed by atoms with Crippen LogP contribution >= 0.6 is 0 Å². The van der Waals surface area contributed by atoms with Crippen molar-refractivity contribution >= 4 is 11.9 Å². The van der Waals surface area contributed by atoms with Crippen molar-refractivity contribution in [3.8, 4) is 5.75 Å². The summed E-state index contributed by atoms with van der Waals surface area (Å²) in [5, 5.41) is 14.5. The highest BCUT2D eigenvalue weighted by molar-refractivity contribution is 5.87. The number of carbonyl (C=O) groups excluding carboxylic acids is 1. The van der Waals surface area contributed by atoms with E-state index in [1.165, 1.54) is 17.5 Å². The lowest BCUT2D eigenvalue weighted by Crippen LogP contribution is -2.49. The molecule has 2 aliphatic carbocycles. The predicted molar refractivity (Wildman–Crippen MR) is 157 cm³/mol. The lowest BCUT2D eigenvalue weighted by Gasteiger charge is -2.36. The van der Waals surface area contributed by atoms with E-state index in [0.29, 0.717) is 13.2 Å². The Morgan fingerprint density at radius 2 is 1.68 bits per heavy atom. The minimum atomic E-state index is -0.915. The normalized spacial score (nSPS) is 25.1. The first kappa shape index (κ1) is 28.7. The highest BCUT2D eigenvalue weighted by Crippen LogP contribution is 2.49. The molecule has 0 bridgehead atoms. The molecule has 40 heavy (non-hydrogen) atoms. The average molecular weight is 547 g/mol. The largest absolute Gasteiger partial charge is 0.494 e. The van der Waals surface area contributed by atoms with Crippen molar-refractivity contribution in [1.29, 1.82) is 0 Å². The molecule has 1 amide bonds. The van der Waals surface area contributed by atoms with E-state index in [-0.39, 0.29) is 35.2 Å². The number of likely N-dealkylation sites (tertiary alicyclic amines) is 1. The van der Waals surface area contributed by atoms with Gasteiger partial charge in [0.15, 0.2) is 0 Å². The summed E-state index contributed by atoms with van der Waals surface area (Å²) >= 11 is 0. The van der Waals surface area contributed by atoms with Gasteiger partial charge in [-0.25, -0.2) is 4.79 Å². The summed E-state index contributed by atoms with van der Waals surface area (Å²) in [5.41, 5.74) is 4.50. The number of carboxylic acid groups (broad SMARTS) is 1. The zero-order valence-corrected chi connectivity index (χ0v) is 24.6. The Morgan fingerprint density at radius 3 is 2.30 bits per heavy atom. The van der Waals surface area contributed by atoms with E-state index < -0.39 is 12.0 Å². The maximum absolute atomic E-state index is 14.3. The van der Waals surface area contributed by atoms with Crippen LogP contribution in [-0.4, -0.2) is 40.6 Å². The van der Waals surface area contributed by atoms with E-state index in [9.17, 15) is 14.7 Å². The molecule has 4 atom stereocenters. The Bertz CT molecular complexity index is 1200. The third kappa shape index (κ3) is 5.65. The van der Waals surface area contributed by atoms with Crippen molar-refractivity contribution in [2.75, 3.05) is 6.61 Å². The zero-order chi connectivity index (χ0) is 28.4. The van der Waals surface area contributed by atoms with E-state index in [1.807, 2.05) is 37.3 Å². The molecule has 2 N–H and O–H groups in total. The van der Waals surface area contributed by atoms with Gasteiger partial charge in [0.2, 0.25) is 5.91 Å². The van der Waals surface area contributed by atoms with Crippen molar-refractivity contribution in [2.45, 2.75) is 104 Å². The number of nitrogens with zero attached hydrogens (tertiary/aromatic N) is 1. The van der Waals surface area contributed by atoms with Gasteiger partial charge in [-0.3, -0.25) is 4.79 Å². The van der Waals surface area contributed by atoms with Crippen molar-refractivity contribution in [1.82, 2.24) is 10.2 Å². The summed E-state index contributed by atoms with van der Waals surface area (Å²) in [6, 6.07) is 13.0. The smallest absolute Gasteiger partial charge is 0.326 e. The number of rotatable bonds is 8. The first-order chi connectivity index (χ1) is 19.2. The molecule has 1 aliphatic heterocycles. The van der Waals surface area contributed by atoms with Crippen molar-refractivity contribution in [3.05, 3.63) is 64.7 Å². The standard InChI is InChI=1S/C34H46N2O4/c1-5-40-27-20-25-18-12-17-24(25)19-26(27)21-35-29-28(34(2,3)4)31(33(38)39)36(30(29)22-13-8-6-9-14-22)32(37)23-15-10-7-11-16-23/h6,8-9,13-14,19-20,23,28-31,35H,5,7,10-12,15-18,21H2,1-4H3,(H,38,39)/t28-,29-,30-,31-/m0/s1. The Morgan fingerprint density at radius 1 is 1.00 bits per heavy atom. The molecule has 6 heteroatoms. The Kier molecular flexibility index (Phi) is 8.55. The summed E-state index contributed by atoms with van der Waals surface area (Å²) in [7, 11) is 0. The molecule has 216 valence electrons. The quantitative estimate of drug-likeness (QED) is 0.406. The van der Waals surface area contributed by atoms with Crippen LogP contribution in [-0.2, 0) is 29.0 Å². The van der Waals surface area contributed by atoms with Crippen molar-refractivity contribution < 1.29 is 19.4 Å². The monoisotopic (exact) mass is 546 g/mol. The second-order valence-electron chi connectivity index (χ2n) is 13.0. The number of aliphatic carboxylic acids is 1. The van der Waals surface area contributed by atoms with Crippen LogP contribution in [0.4, 0.5) is 0 Å². The molecule has 3 aliphatic rings. The molecule has 0 aromatic heterocycles. The topological polar surface area (TPSA) is 78.9 Å². The van der Waals surface area contributed by atoms with E-state index >= 15 is 0 Å². The van der Waals surface area contributed by atoms with Crippen molar-refractivity contribution in [3.63, 3.8) is 0 Å². The molecular formula is C34H46N2O4. The maximum atomic E-state index is 14.3. The molecule has 5 rings (SSSR count). The minimum Gasteiger partial charge on any atom is -0.494 e. The van der Waals surface area contributed by atoms with Gasteiger partial charge in [0.25, 0.3) is 0 Å². The molecule has 1 heterocycles. The average Bonchev–Trinajstić information content (AvgIpc) is 3.54. The van der Waals surface area contributed by atoms with Crippen LogP contribution in [0.5, 0.6) is 5.75 Å². The predicted octanol–water partition coefficient (Wildman–Crippen LogP) is 6.31. The van der Waals surface area contributed by atoms with Crippen molar-refractivity contribution in [2.24, 2.45) is 17.3 Å². The Hall–Kier alpha value is -2.86. The number of nitrogens with one attached hydrogen (secondary N) is 1. The molecule has 2 fully saturated rings. The fourth-order valence-corrected chi connectivity index (χ4v) is 7.60. The van der Waals surface area contributed by atoms with Gasteiger partial charge in [-0.15, -0.1) is 0 Å². The van der Waals surface area contributed by atoms with Crippen LogP contribution in [0.15, 0.2) is 42.5 Å². The highest BCUT2D eigenvalue weighted by atomic mass is 16.5.